The maximum atomic E-state index is 13.5. The van der Waals surface area contributed by atoms with Gasteiger partial charge >= 0.3 is 0 Å². The summed E-state index contributed by atoms with van der Waals surface area (Å²) in [6.45, 7) is 4.10. The summed E-state index contributed by atoms with van der Waals surface area (Å²) in [6, 6.07) is 5.29. The van der Waals surface area contributed by atoms with Crippen molar-refractivity contribution in [2.24, 2.45) is 0 Å². The fourth-order valence-electron chi connectivity index (χ4n) is 1.59. The number of nitrogens with zero attached hydrogens (tertiary/aromatic N) is 2. The normalized spacial score (nSPS) is 12.0. The first-order valence-electron chi connectivity index (χ1n) is 6.39. The quantitative estimate of drug-likeness (QED) is 0.875. The molecule has 0 amide bonds. The monoisotopic (exact) mass is 278 g/mol. The smallest absolute Gasteiger partial charge is 0.149 e. The number of benzene rings is 1. The largest absolute Gasteiger partial charge is 0.367 e. The van der Waals surface area contributed by atoms with Crippen molar-refractivity contribution in [1.82, 2.24) is 9.97 Å². The van der Waals surface area contributed by atoms with Crippen LogP contribution in [0.25, 0.3) is 0 Å². The van der Waals surface area contributed by atoms with Gasteiger partial charge in [-0.1, -0.05) is 6.92 Å². The number of nitrogens with one attached hydrogen (secondary N) is 2. The van der Waals surface area contributed by atoms with Gasteiger partial charge in [-0.3, -0.25) is 0 Å². The summed E-state index contributed by atoms with van der Waals surface area (Å²) >= 11 is 0. The van der Waals surface area contributed by atoms with Crippen LogP contribution < -0.4 is 10.6 Å². The molecule has 1 aromatic carbocycles. The first-order valence-corrected chi connectivity index (χ1v) is 6.39. The Kier molecular flexibility index (Phi) is 4.45. The molecule has 1 aromatic heterocycles. The first-order chi connectivity index (χ1) is 9.58. The molecular formula is C14H16F2N4. The zero-order chi connectivity index (χ0) is 14.5. The molecule has 1 unspecified atom stereocenters. The van der Waals surface area contributed by atoms with Crippen LogP contribution in [0.5, 0.6) is 0 Å². The van der Waals surface area contributed by atoms with Crippen molar-refractivity contribution in [2.75, 3.05) is 10.6 Å². The van der Waals surface area contributed by atoms with E-state index in [4.69, 9.17) is 0 Å². The Balaban J connectivity index is 2.15. The highest BCUT2D eigenvalue weighted by atomic mass is 19.1. The highest BCUT2D eigenvalue weighted by molar-refractivity contribution is 5.59. The molecule has 0 aliphatic carbocycles. The Morgan fingerprint density at radius 3 is 2.60 bits per heavy atom. The van der Waals surface area contributed by atoms with Crippen molar-refractivity contribution < 1.29 is 8.78 Å². The van der Waals surface area contributed by atoms with Crippen LogP contribution in [0.3, 0.4) is 0 Å². The molecule has 2 rings (SSSR count). The summed E-state index contributed by atoms with van der Waals surface area (Å²) in [5.41, 5.74) is 0.166. The lowest BCUT2D eigenvalue weighted by molar-refractivity contribution is 0.586. The van der Waals surface area contributed by atoms with E-state index in [-0.39, 0.29) is 11.7 Å². The third-order valence-corrected chi connectivity index (χ3v) is 2.87. The van der Waals surface area contributed by atoms with Crippen molar-refractivity contribution in [1.29, 1.82) is 0 Å². The second kappa shape index (κ2) is 6.27. The number of aromatic nitrogens is 2. The zero-order valence-electron chi connectivity index (χ0n) is 11.3. The molecule has 0 saturated heterocycles. The predicted molar refractivity (Wildman–Crippen MR) is 75.0 cm³/mol. The standard InChI is InChI=1S/C14H16F2N4/c1-3-9(2)19-13-7-14(18-8-17-13)20-12-5-4-10(15)6-11(12)16/h4-9H,3H2,1-2H3,(H2,17,18,19,20). The summed E-state index contributed by atoms with van der Waals surface area (Å²) in [4.78, 5) is 8.10. The summed E-state index contributed by atoms with van der Waals surface area (Å²) in [5.74, 6) is -0.189. The predicted octanol–water partition coefficient (Wildman–Crippen LogP) is 3.71. The molecule has 1 atom stereocenters. The molecule has 0 aliphatic heterocycles. The van der Waals surface area contributed by atoms with E-state index in [2.05, 4.69) is 27.5 Å². The Morgan fingerprint density at radius 1 is 1.15 bits per heavy atom. The van der Waals surface area contributed by atoms with Crippen molar-refractivity contribution in [3.8, 4) is 0 Å². The topological polar surface area (TPSA) is 49.8 Å². The summed E-state index contributed by atoms with van der Waals surface area (Å²) in [6.07, 6.45) is 2.34. The van der Waals surface area contributed by atoms with Gasteiger partial charge in [0.05, 0.1) is 5.69 Å². The average Bonchev–Trinajstić information content (AvgIpc) is 2.42. The number of hydrogen-bond acceptors (Lipinski definition) is 4. The van der Waals surface area contributed by atoms with Crippen molar-refractivity contribution in [3.63, 3.8) is 0 Å². The Hall–Kier alpha value is -2.24. The molecule has 0 radical (unpaired) electrons. The van der Waals surface area contributed by atoms with Crippen LogP contribution >= 0.6 is 0 Å². The molecule has 2 N–H and O–H groups in total. The minimum atomic E-state index is -0.667. The van der Waals surface area contributed by atoms with Crippen LogP contribution in [-0.2, 0) is 0 Å². The minimum absolute atomic E-state index is 0.166. The van der Waals surface area contributed by atoms with Gasteiger partial charge in [-0.05, 0) is 25.5 Å². The molecule has 0 aliphatic rings. The molecule has 20 heavy (non-hydrogen) atoms. The minimum Gasteiger partial charge on any atom is -0.367 e. The van der Waals surface area contributed by atoms with E-state index in [0.29, 0.717) is 11.6 Å². The van der Waals surface area contributed by atoms with Gasteiger partial charge in [0.15, 0.2) is 0 Å². The molecule has 106 valence electrons. The number of anilines is 3. The lowest BCUT2D eigenvalue weighted by atomic mass is 10.2. The van der Waals surface area contributed by atoms with Gasteiger partial charge in [0.25, 0.3) is 0 Å². The Morgan fingerprint density at radius 2 is 1.90 bits per heavy atom. The Labute approximate surface area is 116 Å². The summed E-state index contributed by atoms with van der Waals surface area (Å²) < 4.78 is 26.4. The van der Waals surface area contributed by atoms with Crippen LogP contribution in [-0.4, -0.2) is 16.0 Å². The molecule has 1 heterocycles. The van der Waals surface area contributed by atoms with Gasteiger partial charge in [0, 0.05) is 18.2 Å². The zero-order valence-corrected chi connectivity index (χ0v) is 11.3. The Bertz CT molecular complexity index is 589. The van der Waals surface area contributed by atoms with Crippen molar-refractivity contribution in [2.45, 2.75) is 26.3 Å². The first kappa shape index (κ1) is 14.2. The molecular weight excluding hydrogens is 262 g/mol. The number of halogens is 2. The van der Waals surface area contributed by atoms with Crippen molar-refractivity contribution >= 4 is 17.3 Å². The lowest BCUT2D eigenvalue weighted by Gasteiger charge is -2.13. The van der Waals surface area contributed by atoms with E-state index in [1.807, 2.05) is 6.92 Å². The average molecular weight is 278 g/mol. The summed E-state index contributed by atoms with van der Waals surface area (Å²) in [5, 5.41) is 5.99. The molecule has 0 spiro atoms. The van der Waals surface area contributed by atoms with Crippen LogP contribution in [0.15, 0.2) is 30.6 Å². The lowest BCUT2D eigenvalue weighted by Crippen LogP contribution is -2.14. The van der Waals surface area contributed by atoms with Crippen LogP contribution in [0.2, 0.25) is 0 Å². The van der Waals surface area contributed by atoms with E-state index in [1.54, 1.807) is 6.07 Å². The second-order valence-corrected chi connectivity index (χ2v) is 4.49. The fourth-order valence-corrected chi connectivity index (χ4v) is 1.59. The van der Waals surface area contributed by atoms with Crippen molar-refractivity contribution in [3.05, 3.63) is 42.2 Å². The van der Waals surface area contributed by atoms with Gasteiger partial charge in [0.1, 0.15) is 29.6 Å². The van der Waals surface area contributed by atoms with E-state index in [9.17, 15) is 8.78 Å². The highest BCUT2D eigenvalue weighted by Gasteiger charge is 2.06. The third kappa shape index (κ3) is 3.63. The van der Waals surface area contributed by atoms with E-state index < -0.39 is 11.6 Å². The van der Waals surface area contributed by atoms with Gasteiger partial charge in [-0.15, -0.1) is 0 Å². The van der Waals surface area contributed by atoms with E-state index in [0.717, 1.165) is 12.5 Å². The maximum Gasteiger partial charge on any atom is 0.149 e. The second-order valence-electron chi connectivity index (χ2n) is 4.49. The SMILES string of the molecule is CCC(C)Nc1cc(Nc2ccc(F)cc2F)ncn1. The number of rotatable bonds is 5. The van der Waals surface area contributed by atoms with Crippen LogP contribution in [0, 0.1) is 11.6 Å². The molecule has 2 aromatic rings. The molecule has 6 heteroatoms. The number of hydrogen-bond donors (Lipinski definition) is 2. The highest BCUT2D eigenvalue weighted by Crippen LogP contribution is 2.20. The van der Waals surface area contributed by atoms with Gasteiger partial charge in [0.2, 0.25) is 0 Å². The van der Waals surface area contributed by atoms with Crippen LogP contribution in [0.1, 0.15) is 20.3 Å². The van der Waals surface area contributed by atoms with Crippen LogP contribution in [0.4, 0.5) is 26.1 Å². The third-order valence-electron chi connectivity index (χ3n) is 2.87. The molecule has 0 bridgehead atoms. The van der Waals surface area contributed by atoms with Gasteiger partial charge < -0.3 is 10.6 Å². The van der Waals surface area contributed by atoms with E-state index >= 15 is 0 Å². The molecule has 4 nitrogen and oxygen atoms in total. The molecule has 0 saturated carbocycles. The van der Waals surface area contributed by atoms with Gasteiger partial charge in [-0.2, -0.15) is 0 Å². The summed E-state index contributed by atoms with van der Waals surface area (Å²) in [7, 11) is 0. The van der Waals surface area contributed by atoms with Gasteiger partial charge in [-0.25, -0.2) is 18.7 Å². The van der Waals surface area contributed by atoms with E-state index in [1.165, 1.54) is 18.5 Å². The maximum absolute atomic E-state index is 13.5. The fraction of sp³-hybridized carbons (Fsp3) is 0.286. The molecule has 0 fully saturated rings.